The van der Waals surface area contributed by atoms with Crippen molar-refractivity contribution in [3.05, 3.63) is 60.4 Å². The number of aryl methyl sites for hydroxylation is 1. The van der Waals surface area contributed by atoms with Crippen LogP contribution in [0.2, 0.25) is 0 Å². The Kier molecular flexibility index (Phi) is 5.57. The minimum absolute atomic E-state index is 0.412. The Labute approximate surface area is 185 Å². The standard InChI is InChI=1S/C23H25N7S/c1-16-21(6-4-8-26-16)31-22-9-17(14-30-23(22)18(10-24-2)11-28-30)19-12-27-29(15-19)20-5-3-7-25-13-20/h4,6,8-12,14-15,20,25H,3,5,7,13H2,1-2H3/t20-/m0/s1. The number of aromatic nitrogens is 5. The van der Waals surface area contributed by atoms with Crippen LogP contribution in [0.15, 0.2) is 64.0 Å². The molecule has 8 heteroatoms. The second kappa shape index (κ2) is 8.64. The van der Waals surface area contributed by atoms with Crippen molar-refractivity contribution in [1.29, 1.82) is 0 Å². The lowest BCUT2D eigenvalue weighted by atomic mass is 10.1. The van der Waals surface area contributed by atoms with Gasteiger partial charge in [0.25, 0.3) is 0 Å². The molecule has 1 fully saturated rings. The van der Waals surface area contributed by atoms with Gasteiger partial charge < -0.3 is 5.32 Å². The summed E-state index contributed by atoms with van der Waals surface area (Å²) in [5.74, 6) is 0. The fraction of sp³-hybridized carbons (Fsp3) is 0.304. The molecule has 0 saturated carbocycles. The molecule has 7 nitrogen and oxygen atoms in total. The minimum atomic E-state index is 0.412. The highest BCUT2D eigenvalue weighted by atomic mass is 32.2. The molecule has 1 aliphatic heterocycles. The number of nitrogens with one attached hydrogen (secondary N) is 1. The van der Waals surface area contributed by atoms with Gasteiger partial charge in [-0.05, 0) is 44.5 Å². The second-order valence-electron chi connectivity index (χ2n) is 7.77. The lowest BCUT2D eigenvalue weighted by molar-refractivity contribution is 0.347. The summed E-state index contributed by atoms with van der Waals surface area (Å²) in [6.45, 7) is 4.11. The van der Waals surface area contributed by atoms with Crippen molar-refractivity contribution in [2.24, 2.45) is 4.99 Å². The van der Waals surface area contributed by atoms with Crippen LogP contribution in [0.1, 0.15) is 30.1 Å². The Morgan fingerprint density at radius 3 is 2.94 bits per heavy atom. The zero-order valence-electron chi connectivity index (χ0n) is 17.7. The number of hydrogen-bond acceptors (Lipinski definition) is 6. The van der Waals surface area contributed by atoms with Gasteiger partial charge in [-0.3, -0.25) is 14.7 Å². The molecule has 1 saturated heterocycles. The maximum atomic E-state index is 4.67. The predicted octanol–water partition coefficient (Wildman–Crippen LogP) is 4.03. The monoisotopic (exact) mass is 431 g/mol. The van der Waals surface area contributed by atoms with E-state index < -0.39 is 0 Å². The van der Waals surface area contributed by atoms with E-state index in [4.69, 9.17) is 0 Å². The average Bonchev–Trinajstić information content (AvgIpc) is 3.44. The molecule has 0 radical (unpaired) electrons. The first kappa shape index (κ1) is 20.0. The van der Waals surface area contributed by atoms with Crippen LogP contribution in [0.4, 0.5) is 0 Å². The van der Waals surface area contributed by atoms with Crippen molar-refractivity contribution < 1.29 is 0 Å². The lowest BCUT2D eigenvalue weighted by Crippen LogP contribution is -2.31. The molecule has 0 spiro atoms. The van der Waals surface area contributed by atoms with Gasteiger partial charge in [0.1, 0.15) is 0 Å². The number of rotatable bonds is 5. The van der Waals surface area contributed by atoms with Crippen LogP contribution in [-0.4, -0.2) is 50.7 Å². The van der Waals surface area contributed by atoms with Gasteiger partial charge in [-0.1, -0.05) is 11.8 Å². The summed E-state index contributed by atoms with van der Waals surface area (Å²) in [4.78, 5) is 10.9. The normalized spacial score (nSPS) is 17.0. The first-order valence-electron chi connectivity index (χ1n) is 10.5. The number of fused-ring (bicyclic) bond motifs is 1. The minimum Gasteiger partial charge on any atom is -0.315 e. The fourth-order valence-electron chi connectivity index (χ4n) is 4.02. The number of hydrogen-bond donors (Lipinski definition) is 1. The third-order valence-electron chi connectivity index (χ3n) is 5.63. The van der Waals surface area contributed by atoms with Crippen molar-refractivity contribution in [2.45, 2.75) is 35.6 Å². The van der Waals surface area contributed by atoms with Crippen LogP contribution in [0, 0.1) is 6.92 Å². The smallest absolute Gasteiger partial charge is 0.0889 e. The van der Waals surface area contributed by atoms with Gasteiger partial charge >= 0.3 is 0 Å². The highest BCUT2D eigenvalue weighted by Gasteiger charge is 2.18. The predicted molar refractivity (Wildman–Crippen MR) is 124 cm³/mol. The molecule has 0 unspecified atom stereocenters. The zero-order valence-corrected chi connectivity index (χ0v) is 18.5. The van der Waals surface area contributed by atoms with E-state index in [1.54, 1.807) is 18.8 Å². The van der Waals surface area contributed by atoms with E-state index in [1.165, 1.54) is 6.42 Å². The first-order valence-corrected chi connectivity index (χ1v) is 11.3. The molecule has 158 valence electrons. The molecule has 0 bridgehead atoms. The maximum absolute atomic E-state index is 4.67. The van der Waals surface area contributed by atoms with Gasteiger partial charge in [0.05, 0.1) is 29.6 Å². The van der Waals surface area contributed by atoms with E-state index in [-0.39, 0.29) is 0 Å². The fourth-order valence-corrected chi connectivity index (χ4v) is 5.10. The maximum Gasteiger partial charge on any atom is 0.0889 e. The zero-order chi connectivity index (χ0) is 21.2. The van der Waals surface area contributed by atoms with E-state index in [0.717, 1.165) is 57.2 Å². The first-order chi connectivity index (χ1) is 15.2. The Bertz CT molecular complexity index is 1230. The Balaban J connectivity index is 1.58. The van der Waals surface area contributed by atoms with Crippen molar-refractivity contribution in [3.63, 3.8) is 0 Å². The van der Waals surface area contributed by atoms with Gasteiger partial charge in [-0.2, -0.15) is 10.2 Å². The van der Waals surface area contributed by atoms with Crippen molar-refractivity contribution in [3.8, 4) is 11.1 Å². The summed E-state index contributed by atoms with van der Waals surface area (Å²) >= 11 is 1.71. The van der Waals surface area contributed by atoms with Gasteiger partial charge in [-0.25, -0.2) is 4.52 Å². The van der Waals surface area contributed by atoms with Crippen LogP contribution in [0.25, 0.3) is 16.6 Å². The molecule has 4 aromatic heterocycles. The summed E-state index contributed by atoms with van der Waals surface area (Å²) in [6.07, 6.45) is 14.1. The van der Waals surface area contributed by atoms with Crippen LogP contribution in [-0.2, 0) is 0 Å². The van der Waals surface area contributed by atoms with Crippen LogP contribution in [0.3, 0.4) is 0 Å². The topological polar surface area (TPSA) is 72.4 Å². The highest BCUT2D eigenvalue weighted by Crippen LogP contribution is 2.36. The largest absolute Gasteiger partial charge is 0.315 e. The van der Waals surface area contributed by atoms with Gasteiger partial charge in [0, 0.05) is 64.9 Å². The third kappa shape index (κ3) is 4.00. The van der Waals surface area contributed by atoms with E-state index in [9.17, 15) is 0 Å². The Morgan fingerprint density at radius 1 is 1.19 bits per heavy atom. The molecule has 1 atom stereocenters. The molecule has 5 heterocycles. The lowest BCUT2D eigenvalue weighted by Gasteiger charge is -2.22. The molecule has 0 aromatic carbocycles. The van der Waals surface area contributed by atoms with Gasteiger partial charge in [0.15, 0.2) is 0 Å². The number of nitrogens with zero attached hydrogens (tertiary/aromatic N) is 6. The molecule has 5 rings (SSSR count). The van der Waals surface area contributed by atoms with Crippen molar-refractivity contribution in [2.75, 3.05) is 20.1 Å². The molecular formula is C23H25N7S. The quantitative estimate of drug-likeness (QED) is 0.483. The van der Waals surface area contributed by atoms with Gasteiger partial charge in [0.2, 0.25) is 0 Å². The van der Waals surface area contributed by atoms with Crippen LogP contribution >= 0.6 is 11.8 Å². The molecule has 31 heavy (non-hydrogen) atoms. The van der Waals surface area contributed by atoms with Crippen LogP contribution in [0.5, 0.6) is 0 Å². The molecule has 1 N–H and O–H groups in total. The third-order valence-corrected chi connectivity index (χ3v) is 6.81. The molecular weight excluding hydrogens is 406 g/mol. The number of pyridine rings is 2. The molecule has 0 amide bonds. The Hall–Kier alpha value is -2.97. The number of piperidine rings is 1. The summed E-state index contributed by atoms with van der Waals surface area (Å²) in [5.41, 5.74) is 5.25. The van der Waals surface area contributed by atoms with Crippen LogP contribution < -0.4 is 5.32 Å². The summed E-state index contributed by atoms with van der Waals surface area (Å²) in [5, 5.41) is 12.7. The van der Waals surface area contributed by atoms with Crippen molar-refractivity contribution in [1.82, 2.24) is 29.7 Å². The highest BCUT2D eigenvalue weighted by molar-refractivity contribution is 7.99. The summed E-state index contributed by atoms with van der Waals surface area (Å²) < 4.78 is 4.04. The van der Waals surface area contributed by atoms with Gasteiger partial charge in [-0.15, -0.1) is 0 Å². The molecule has 0 aliphatic carbocycles. The van der Waals surface area contributed by atoms with E-state index in [0.29, 0.717) is 6.04 Å². The van der Waals surface area contributed by atoms with Crippen molar-refractivity contribution >= 4 is 23.5 Å². The average molecular weight is 432 g/mol. The van der Waals surface area contributed by atoms with E-state index in [2.05, 4.69) is 54.7 Å². The van der Waals surface area contributed by atoms with E-state index >= 15 is 0 Å². The van der Waals surface area contributed by atoms with E-state index in [1.807, 2.05) is 42.3 Å². The summed E-state index contributed by atoms with van der Waals surface area (Å²) in [7, 11) is 1.78. The molecule has 4 aromatic rings. The Morgan fingerprint density at radius 2 is 2.13 bits per heavy atom. The number of aliphatic imine (C=N–C) groups is 1. The molecule has 1 aliphatic rings. The SMILES string of the molecule is CN=Cc1cnn2cc(-c3cnn([C@H]4CCCNC4)c3)cc(Sc3cccnc3C)c12. The summed E-state index contributed by atoms with van der Waals surface area (Å²) in [6, 6.07) is 6.72. The second-order valence-corrected chi connectivity index (χ2v) is 8.86.